The van der Waals surface area contributed by atoms with Crippen LogP contribution in [0, 0.1) is 11.6 Å². The lowest BCUT2D eigenvalue weighted by atomic mass is 10.0. The molecule has 3 aromatic rings. The number of halogens is 2. The number of hydrogen-bond acceptors (Lipinski definition) is 4. The topological polar surface area (TPSA) is 37.4 Å². The second-order valence-corrected chi connectivity index (χ2v) is 6.75. The molecule has 1 aliphatic rings. The predicted molar refractivity (Wildman–Crippen MR) is 104 cm³/mol. The molecule has 1 aromatic heterocycles. The van der Waals surface area contributed by atoms with E-state index in [1.165, 1.54) is 6.07 Å². The number of hydrogen-bond donors (Lipinski definition) is 1. The van der Waals surface area contributed by atoms with Gasteiger partial charge >= 0.3 is 0 Å². The van der Waals surface area contributed by atoms with Gasteiger partial charge < -0.3 is 15.0 Å². The molecule has 1 aliphatic heterocycles. The number of fused-ring (bicyclic) bond motifs is 1. The lowest BCUT2D eigenvalue weighted by molar-refractivity contribution is 0.415. The first-order valence-corrected chi connectivity index (χ1v) is 9.03. The quantitative estimate of drug-likeness (QED) is 0.729. The molecule has 4 nitrogen and oxygen atoms in total. The van der Waals surface area contributed by atoms with Gasteiger partial charge in [0, 0.05) is 54.2 Å². The van der Waals surface area contributed by atoms with E-state index in [1.54, 1.807) is 13.3 Å². The zero-order chi connectivity index (χ0) is 18.8. The highest BCUT2D eigenvalue weighted by atomic mass is 19.1. The third-order valence-corrected chi connectivity index (χ3v) is 5.02. The Bertz CT molecular complexity index is 955. The third-order valence-electron chi connectivity index (χ3n) is 5.02. The Labute approximate surface area is 156 Å². The first-order chi connectivity index (χ1) is 13.1. The average Bonchev–Trinajstić information content (AvgIpc) is 2.68. The third kappa shape index (κ3) is 3.65. The molecule has 140 valence electrons. The predicted octanol–water partition coefficient (Wildman–Crippen LogP) is 4.60. The zero-order valence-corrected chi connectivity index (χ0v) is 15.1. The minimum absolute atomic E-state index is 0.213. The molecule has 1 fully saturated rings. The Morgan fingerprint density at radius 1 is 1.11 bits per heavy atom. The summed E-state index contributed by atoms with van der Waals surface area (Å²) in [6.45, 7) is 1.61. The van der Waals surface area contributed by atoms with E-state index in [0.29, 0.717) is 11.4 Å². The van der Waals surface area contributed by atoms with E-state index < -0.39 is 11.6 Å². The Kier molecular flexibility index (Phi) is 4.79. The van der Waals surface area contributed by atoms with Crippen molar-refractivity contribution in [2.75, 3.05) is 30.4 Å². The SMILES string of the molecule is COc1cccc(NC2CCN(c3ccnc4c(F)cc(F)cc34)CC2)c1. The Balaban J connectivity index is 1.49. The van der Waals surface area contributed by atoms with Crippen molar-refractivity contribution in [2.24, 2.45) is 0 Å². The summed E-state index contributed by atoms with van der Waals surface area (Å²) in [5.41, 5.74) is 2.08. The Hall–Kier alpha value is -2.89. The monoisotopic (exact) mass is 369 g/mol. The normalized spacial score (nSPS) is 15.1. The van der Waals surface area contributed by atoms with Crippen LogP contribution < -0.4 is 15.0 Å². The highest BCUT2D eigenvalue weighted by molar-refractivity contribution is 5.92. The van der Waals surface area contributed by atoms with E-state index in [1.807, 2.05) is 30.3 Å². The number of piperidine rings is 1. The van der Waals surface area contributed by atoms with Gasteiger partial charge in [-0.1, -0.05) is 6.07 Å². The number of nitrogens with one attached hydrogen (secondary N) is 1. The molecule has 2 aromatic carbocycles. The molecule has 0 atom stereocenters. The van der Waals surface area contributed by atoms with Gasteiger partial charge in [0.05, 0.1) is 7.11 Å². The molecule has 0 aliphatic carbocycles. The molecule has 6 heteroatoms. The molecule has 0 radical (unpaired) electrons. The molecule has 1 saturated heterocycles. The first kappa shape index (κ1) is 17.5. The molecule has 4 rings (SSSR count). The first-order valence-electron chi connectivity index (χ1n) is 9.03. The average molecular weight is 369 g/mol. The maximum atomic E-state index is 14.0. The standard InChI is InChI=1S/C21H21F2N3O/c1-27-17-4-2-3-16(13-17)25-15-6-9-26(10-7-15)20-5-8-24-21-18(20)11-14(22)12-19(21)23/h2-5,8,11-13,15,25H,6-7,9-10H2,1H3. The maximum absolute atomic E-state index is 14.0. The molecule has 1 N–H and O–H groups in total. The highest BCUT2D eigenvalue weighted by Crippen LogP contribution is 2.30. The summed E-state index contributed by atoms with van der Waals surface area (Å²) in [6.07, 6.45) is 3.44. The lowest BCUT2D eigenvalue weighted by Gasteiger charge is -2.35. The summed E-state index contributed by atoms with van der Waals surface area (Å²) in [5, 5.41) is 4.07. The second kappa shape index (κ2) is 7.39. The summed E-state index contributed by atoms with van der Waals surface area (Å²) in [7, 11) is 1.66. The number of nitrogens with zero attached hydrogens (tertiary/aromatic N) is 2. The Morgan fingerprint density at radius 2 is 1.93 bits per heavy atom. The molecular formula is C21H21F2N3O. The zero-order valence-electron chi connectivity index (χ0n) is 15.1. The fourth-order valence-electron chi connectivity index (χ4n) is 3.65. The maximum Gasteiger partial charge on any atom is 0.152 e. The largest absolute Gasteiger partial charge is 0.497 e. The number of anilines is 2. The summed E-state index contributed by atoms with van der Waals surface area (Å²) in [5.74, 6) is -0.380. The van der Waals surface area contributed by atoms with E-state index in [-0.39, 0.29) is 5.52 Å². The van der Waals surface area contributed by atoms with Gasteiger partial charge in [0.25, 0.3) is 0 Å². The molecular weight excluding hydrogens is 348 g/mol. The van der Waals surface area contributed by atoms with Gasteiger partial charge in [-0.05, 0) is 37.1 Å². The van der Waals surface area contributed by atoms with Gasteiger partial charge in [-0.3, -0.25) is 4.98 Å². The minimum atomic E-state index is -0.624. The number of pyridine rings is 1. The van der Waals surface area contributed by atoms with Gasteiger partial charge in [0.15, 0.2) is 5.82 Å². The van der Waals surface area contributed by atoms with Crippen molar-refractivity contribution in [1.82, 2.24) is 4.98 Å². The molecule has 0 unspecified atom stereocenters. The minimum Gasteiger partial charge on any atom is -0.497 e. The highest BCUT2D eigenvalue weighted by Gasteiger charge is 2.21. The fraction of sp³-hybridized carbons (Fsp3) is 0.286. The summed E-state index contributed by atoms with van der Waals surface area (Å²) in [6, 6.07) is 12.3. The van der Waals surface area contributed by atoms with Crippen molar-refractivity contribution >= 4 is 22.3 Å². The van der Waals surface area contributed by atoms with Crippen molar-refractivity contribution in [3.8, 4) is 5.75 Å². The molecule has 27 heavy (non-hydrogen) atoms. The van der Waals surface area contributed by atoms with Crippen LogP contribution in [0.4, 0.5) is 20.2 Å². The summed E-state index contributed by atoms with van der Waals surface area (Å²) >= 11 is 0. The molecule has 0 bridgehead atoms. The van der Waals surface area contributed by atoms with Gasteiger partial charge in [0.1, 0.15) is 17.1 Å². The van der Waals surface area contributed by atoms with Gasteiger partial charge in [-0.2, -0.15) is 0 Å². The van der Waals surface area contributed by atoms with Crippen molar-refractivity contribution in [3.05, 3.63) is 60.3 Å². The van der Waals surface area contributed by atoms with Crippen LogP contribution in [-0.4, -0.2) is 31.2 Å². The van der Waals surface area contributed by atoms with Crippen molar-refractivity contribution in [1.29, 1.82) is 0 Å². The van der Waals surface area contributed by atoms with Crippen LogP contribution in [0.1, 0.15) is 12.8 Å². The van der Waals surface area contributed by atoms with Crippen LogP contribution in [0.5, 0.6) is 5.75 Å². The fourth-order valence-corrected chi connectivity index (χ4v) is 3.65. The van der Waals surface area contributed by atoms with E-state index in [4.69, 9.17) is 4.74 Å². The van der Waals surface area contributed by atoms with Crippen molar-refractivity contribution in [2.45, 2.75) is 18.9 Å². The van der Waals surface area contributed by atoms with Crippen molar-refractivity contribution < 1.29 is 13.5 Å². The number of aromatic nitrogens is 1. The number of rotatable bonds is 4. The summed E-state index contributed by atoms with van der Waals surface area (Å²) in [4.78, 5) is 6.25. The van der Waals surface area contributed by atoms with E-state index in [0.717, 1.165) is 49.1 Å². The van der Waals surface area contributed by atoms with E-state index in [2.05, 4.69) is 15.2 Å². The van der Waals surface area contributed by atoms with Crippen LogP contribution in [-0.2, 0) is 0 Å². The van der Waals surface area contributed by atoms with Crippen molar-refractivity contribution in [3.63, 3.8) is 0 Å². The van der Waals surface area contributed by atoms with Crippen LogP contribution >= 0.6 is 0 Å². The van der Waals surface area contributed by atoms with Crippen LogP contribution in [0.3, 0.4) is 0 Å². The molecule has 0 saturated carbocycles. The van der Waals surface area contributed by atoms with E-state index >= 15 is 0 Å². The molecule has 0 amide bonds. The second-order valence-electron chi connectivity index (χ2n) is 6.75. The van der Waals surface area contributed by atoms with Gasteiger partial charge in [-0.25, -0.2) is 8.78 Å². The van der Waals surface area contributed by atoms with Gasteiger partial charge in [-0.15, -0.1) is 0 Å². The summed E-state index contributed by atoms with van der Waals surface area (Å²) < 4.78 is 33.0. The van der Waals surface area contributed by atoms with Gasteiger partial charge in [0.2, 0.25) is 0 Å². The smallest absolute Gasteiger partial charge is 0.152 e. The Morgan fingerprint density at radius 3 is 2.70 bits per heavy atom. The number of ether oxygens (including phenoxy) is 1. The number of benzene rings is 2. The number of methoxy groups -OCH3 is 1. The molecule has 2 heterocycles. The molecule has 0 spiro atoms. The van der Waals surface area contributed by atoms with Crippen LogP contribution in [0.15, 0.2) is 48.7 Å². The van der Waals surface area contributed by atoms with E-state index in [9.17, 15) is 8.78 Å². The van der Waals surface area contributed by atoms with Crippen LogP contribution in [0.25, 0.3) is 10.9 Å². The van der Waals surface area contributed by atoms with Crippen LogP contribution in [0.2, 0.25) is 0 Å². The lowest BCUT2D eigenvalue weighted by Crippen LogP contribution is -2.39.